The average Bonchev–Trinajstić information content (AvgIpc) is 2.48. The van der Waals surface area contributed by atoms with Crippen LogP contribution in [0.1, 0.15) is 12.0 Å². The first-order valence-corrected chi connectivity index (χ1v) is 6.87. The van der Waals surface area contributed by atoms with Crippen LogP contribution in [0.4, 0.5) is 0 Å². The summed E-state index contributed by atoms with van der Waals surface area (Å²) in [6.07, 6.45) is 8.20. The quantitative estimate of drug-likeness (QED) is 0.871. The van der Waals surface area contributed by atoms with Gasteiger partial charge in [0.1, 0.15) is 0 Å². The molecule has 1 atom stereocenters. The highest BCUT2D eigenvalue weighted by Crippen LogP contribution is 2.28. The summed E-state index contributed by atoms with van der Waals surface area (Å²) in [7, 11) is 0. The van der Waals surface area contributed by atoms with Crippen molar-refractivity contribution < 1.29 is 9.90 Å². The van der Waals surface area contributed by atoms with Crippen LogP contribution in [0.3, 0.4) is 0 Å². The molecule has 2 rings (SSSR count). The number of nitrogens with zero attached hydrogens (tertiary/aromatic N) is 2. The van der Waals surface area contributed by atoms with E-state index < -0.39 is 11.4 Å². The second-order valence-corrected chi connectivity index (χ2v) is 5.28. The van der Waals surface area contributed by atoms with E-state index in [1.807, 2.05) is 59.5 Å². The van der Waals surface area contributed by atoms with Gasteiger partial charge in [0.15, 0.2) is 0 Å². The first-order valence-electron chi connectivity index (χ1n) is 6.87. The zero-order valence-electron chi connectivity index (χ0n) is 11.8. The van der Waals surface area contributed by atoms with Gasteiger partial charge in [0.2, 0.25) is 0 Å². The Balaban J connectivity index is 2.13. The van der Waals surface area contributed by atoms with Gasteiger partial charge in [0.05, 0.1) is 18.0 Å². The van der Waals surface area contributed by atoms with Gasteiger partial charge in [-0.05, 0) is 12.0 Å². The molecule has 0 aromatic heterocycles. The fourth-order valence-electron chi connectivity index (χ4n) is 2.50. The van der Waals surface area contributed by atoms with Crippen LogP contribution in [0.25, 0.3) is 0 Å². The molecule has 4 nitrogen and oxygen atoms in total. The van der Waals surface area contributed by atoms with E-state index in [1.165, 1.54) is 0 Å². The summed E-state index contributed by atoms with van der Waals surface area (Å²) in [6, 6.07) is 12.0. The molecule has 1 aromatic carbocycles. The minimum absolute atomic E-state index is 0.0735. The van der Waals surface area contributed by atoms with Crippen LogP contribution in [0, 0.1) is 16.7 Å². The maximum absolute atomic E-state index is 11.1. The second kappa shape index (κ2) is 6.87. The van der Waals surface area contributed by atoms with Gasteiger partial charge in [-0.25, -0.2) is 0 Å². The second-order valence-electron chi connectivity index (χ2n) is 5.28. The highest BCUT2D eigenvalue weighted by molar-refractivity contribution is 5.69. The van der Waals surface area contributed by atoms with E-state index in [9.17, 15) is 10.1 Å². The first-order chi connectivity index (χ1) is 10.1. The zero-order chi connectivity index (χ0) is 15.1. The molecule has 0 saturated carbocycles. The largest absolute Gasteiger partial charge is 0.480 e. The maximum Gasteiger partial charge on any atom is 0.317 e. The van der Waals surface area contributed by atoms with Gasteiger partial charge in [0.25, 0.3) is 0 Å². The summed E-state index contributed by atoms with van der Waals surface area (Å²) in [4.78, 5) is 12.9. The summed E-state index contributed by atoms with van der Waals surface area (Å²) in [5, 5.41) is 18.6. The number of carbonyl (C=O) groups is 1. The van der Waals surface area contributed by atoms with Crippen molar-refractivity contribution in [3.63, 3.8) is 0 Å². The predicted octanol–water partition coefficient (Wildman–Crippen LogP) is 2.60. The molecule has 1 unspecified atom stereocenters. The summed E-state index contributed by atoms with van der Waals surface area (Å²) >= 11 is 0. The Morgan fingerprint density at radius 1 is 1.33 bits per heavy atom. The summed E-state index contributed by atoms with van der Waals surface area (Å²) in [5.41, 5.74) is 0.404. The van der Waals surface area contributed by atoms with E-state index in [-0.39, 0.29) is 6.54 Å². The van der Waals surface area contributed by atoms with E-state index in [2.05, 4.69) is 6.07 Å². The number of hydrogen-bond donors (Lipinski definition) is 1. The fourth-order valence-corrected chi connectivity index (χ4v) is 2.50. The molecule has 21 heavy (non-hydrogen) atoms. The Morgan fingerprint density at radius 3 is 2.67 bits per heavy atom. The smallest absolute Gasteiger partial charge is 0.317 e. The number of carboxylic acid groups (broad SMARTS) is 1. The maximum atomic E-state index is 11.1. The van der Waals surface area contributed by atoms with Gasteiger partial charge in [-0.2, -0.15) is 5.26 Å². The number of rotatable bonds is 6. The van der Waals surface area contributed by atoms with Crippen LogP contribution in [-0.4, -0.2) is 29.1 Å². The summed E-state index contributed by atoms with van der Waals surface area (Å²) in [5.74, 6) is -0.880. The molecule has 0 bridgehead atoms. The van der Waals surface area contributed by atoms with Gasteiger partial charge >= 0.3 is 5.97 Å². The monoisotopic (exact) mass is 282 g/mol. The van der Waals surface area contributed by atoms with Crippen molar-refractivity contribution in [3.05, 3.63) is 60.2 Å². The first kappa shape index (κ1) is 15.0. The van der Waals surface area contributed by atoms with Crippen molar-refractivity contribution >= 4 is 5.97 Å². The van der Waals surface area contributed by atoms with E-state index in [1.54, 1.807) is 0 Å². The molecule has 0 spiro atoms. The van der Waals surface area contributed by atoms with Crippen molar-refractivity contribution in [1.82, 2.24) is 4.90 Å². The molecule has 0 radical (unpaired) electrons. The zero-order valence-corrected chi connectivity index (χ0v) is 11.8. The third-order valence-corrected chi connectivity index (χ3v) is 3.48. The topological polar surface area (TPSA) is 64.3 Å². The molecule has 0 heterocycles. The van der Waals surface area contributed by atoms with Crippen LogP contribution in [-0.2, 0) is 11.3 Å². The molecular formula is C17H18N2O2. The third kappa shape index (κ3) is 4.30. The minimum Gasteiger partial charge on any atom is -0.480 e. The van der Waals surface area contributed by atoms with E-state index in [0.29, 0.717) is 19.5 Å². The molecule has 1 N–H and O–H groups in total. The number of nitriles is 1. The SMILES string of the molecule is N#CC1(CN(CC(=O)O)Cc2ccccc2)C=CC=CC1. The van der Waals surface area contributed by atoms with Crippen molar-refractivity contribution in [1.29, 1.82) is 5.26 Å². The fraction of sp³-hybridized carbons (Fsp3) is 0.294. The Labute approximate surface area is 124 Å². The lowest BCUT2D eigenvalue weighted by molar-refractivity contribution is -0.138. The van der Waals surface area contributed by atoms with Crippen LogP contribution in [0.2, 0.25) is 0 Å². The normalized spacial score (nSPS) is 20.4. The Bertz CT molecular complexity index is 587. The van der Waals surface area contributed by atoms with Crippen LogP contribution < -0.4 is 0 Å². The van der Waals surface area contributed by atoms with Crippen molar-refractivity contribution in [3.8, 4) is 6.07 Å². The molecule has 0 saturated heterocycles. The lowest BCUT2D eigenvalue weighted by atomic mass is 9.82. The molecule has 0 aliphatic heterocycles. The summed E-state index contributed by atoms with van der Waals surface area (Å²) in [6.45, 7) is 0.857. The van der Waals surface area contributed by atoms with Gasteiger partial charge in [-0.3, -0.25) is 9.69 Å². The number of hydrogen-bond acceptors (Lipinski definition) is 3. The molecule has 1 aliphatic rings. The van der Waals surface area contributed by atoms with Crippen LogP contribution in [0.5, 0.6) is 0 Å². The lowest BCUT2D eigenvalue weighted by Crippen LogP contribution is -2.38. The Hall–Kier alpha value is -2.38. The average molecular weight is 282 g/mol. The van der Waals surface area contributed by atoms with Gasteiger partial charge < -0.3 is 5.11 Å². The lowest BCUT2D eigenvalue weighted by Gasteiger charge is -2.30. The number of aliphatic carboxylic acids is 1. The van der Waals surface area contributed by atoms with Gasteiger partial charge in [-0.15, -0.1) is 0 Å². The molecule has 4 heteroatoms. The summed E-state index contributed by atoms with van der Waals surface area (Å²) < 4.78 is 0. The van der Waals surface area contributed by atoms with Gasteiger partial charge in [0, 0.05) is 13.1 Å². The standard InChI is InChI=1S/C17H18N2O2/c18-13-17(9-5-2-6-10-17)14-19(12-16(20)21)11-15-7-3-1-4-8-15/h1-9H,10-12,14H2,(H,20,21). The highest BCUT2D eigenvalue weighted by Gasteiger charge is 2.30. The van der Waals surface area contributed by atoms with Crippen molar-refractivity contribution in [2.75, 3.05) is 13.1 Å². The van der Waals surface area contributed by atoms with Crippen molar-refractivity contribution in [2.24, 2.45) is 5.41 Å². The number of carboxylic acids is 1. The van der Waals surface area contributed by atoms with E-state index >= 15 is 0 Å². The minimum atomic E-state index is -0.880. The van der Waals surface area contributed by atoms with Gasteiger partial charge in [-0.1, -0.05) is 54.6 Å². The van der Waals surface area contributed by atoms with E-state index in [4.69, 9.17) is 5.11 Å². The molecule has 1 aromatic rings. The molecule has 108 valence electrons. The number of allylic oxidation sites excluding steroid dienone is 3. The molecule has 0 fully saturated rings. The van der Waals surface area contributed by atoms with Crippen molar-refractivity contribution in [2.45, 2.75) is 13.0 Å². The van der Waals surface area contributed by atoms with Crippen LogP contribution >= 0.6 is 0 Å². The molecule has 0 amide bonds. The molecule has 1 aliphatic carbocycles. The Kier molecular flexibility index (Phi) is 4.91. The molecular weight excluding hydrogens is 264 g/mol. The third-order valence-electron chi connectivity index (χ3n) is 3.48. The predicted molar refractivity (Wildman–Crippen MR) is 80.3 cm³/mol. The van der Waals surface area contributed by atoms with Crippen LogP contribution in [0.15, 0.2) is 54.6 Å². The highest BCUT2D eigenvalue weighted by atomic mass is 16.4. The Morgan fingerprint density at radius 2 is 2.10 bits per heavy atom. The number of benzene rings is 1. The van der Waals surface area contributed by atoms with E-state index in [0.717, 1.165) is 5.56 Å².